The van der Waals surface area contributed by atoms with Gasteiger partial charge < -0.3 is 20.3 Å². The van der Waals surface area contributed by atoms with Gasteiger partial charge in [0.05, 0.1) is 23.7 Å². The number of morpholine rings is 1. The lowest BCUT2D eigenvalue weighted by molar-refractivity contribution is -0.0228. The van der Waals surface area contributed by atoms with Gasteiger partial charge in [0.15, 0.2) is 0 Å². The summed E-state index contributed by atoms with van der Waals surface area (Å²) in [7, 11) is 1.99. The molecule has 202 valence electrons. The van der Waals surface area contributed by atoms with Crippen molar-refractivity contribution in [1.29, 1.82) is 0 Å². The van der Waals surface area contributed by atoms with Crippen LogP contribution < -0.4 is 10.6 Å². The van der Waals surface area contributed by atoms with Crippen LogP contribution in [0.5, 0.6) is 0 Å². The number of carbonyl (C=O) groups excluding carboxylic acids is 1. The normalized spacial score (nSPS) is 20.3. The molecule has 2 fully saturated rings. The second-order valence-electron chi connectivity index (χ2n) is 9.24. The van der Waals surface area contributed by atoms with Crippen LogP contribution in [-0.4, -0.2) is 65.2 Å². The van der Waals surface area contributed by atoms with Gasteiger partial charge in [-0.15, -0.1) is 3.89 Å². The molecule has 0 radical (unpaired) electrons. The monoisotopic (exact) mass is 558 g/mol. The van der Waals surface area contributed by atoms with Crippen molar-refractivity contribution in [3.63, 3.8) is 0 Å². The molecule has 2 saturated heterocycles. The van der Waals surface area contributed by atoms with Crippen molar-refractivity contribution in [2.24, 2.45) is 0 Å². The van der Waals surface area contributed by atoms with Gasteiger partial charge >= 0.3 is 0 Å². The molecular weight excluding hydrogens is 527 g/mol. The van der Waals surface area contributed by atoms with E-state index in [0.29, 0.717) is 49.1 Å². The molecule has 0 saturated carbocycles. The van der Waals surface area contributed by atoms with Crippen LogP contribution in [-0.2, 0) is 16.1 Å². The van der Waals surface area contributed by atoms with E-state index in [4.69, 9.17) is 22.1 Å². The van der Waals surface area contributed by atoms with Gasteiger partial charge in [0.25, 0.3) is 17.3 Å². The fraction of sp³-hybridized carbons (Fsp3) is 0.321. The second-order valence-corrected chi connectivity index (χ2v) is 10.6. The third kappa shape index (κ3) is 7.11. The highest BCUT2D eigenvalue weighted by Crippen LogP contribution is 2.26. The highest BCUT2D eigenvalue weighted by Gasteiger charge is 2.29. The summed E-state index contributed by atoms with van der Waals surface area (Å²) in [6, 6.07) is 25.1. The standard InChI is InChI=1S/C17H17ClN2O2.C11H15FN2OS/c18-15-10-13(19)6-7-14(15)17(21)20-8-9-22-16(11-20)12-4-2-1-3-5-12;1-13(10-5-3-2-4-6-10)11-7-8-14(9-11)16(12)15/h1-7,10,16H,8-9,11,19H2;2-6,11H,7-9H2,1H3/t16-;/m1./s1. The van der Waals surface area contributed by atoms with Crippen LogP contribution in [0.2, 0.25) is 5.02 Å². The van der Waals surface area contributed by atoms with Crippen LogP contribution in [0, 0.1) is 0 Å². The Hall–Kier alpha value is -2.98. The van der Waals surface area contributed by atoms with Crippen LogP contribution >= 0.6 is 11.6 Å². The first-order chi connectivity index (χ1) is 18.3. The quantitative estimate of drug-likeness (QED) is 0.357. The molecule has 7 nitrogen and oxygen atoms in total. The number of benzene rings is 3. The highest BCUT2D eigenvalue weighted by atomic mass is 35.5. The molecule has 2 aliphatic heterocycles. The Morgan fingerprint density at radius 3 is 2.37 bits per heavy atom. The molecule has 38 heavy (non-hydrogen) atoms. The smallest absolute Gasteiger partial charge is 0.277 e. The second kappa shape index (κ2) is 13.2. The van der Waals surface area contributed by atoms with Crippen molar-refractivity contribution in [3.05, 3.63) is 95.0 Å². The summed E-state index contributed by atoms with van der Waals surface area (Å²) in [5.41, 5.74) is 8.88. The summed E-state index contributed by atoms with van der Waals surface area (Å²) in [6.45, 7) is 2.67. The van der Waals surface area contributed by atoms with Crippen LogP contribution in [0.15, 0.2) is 78.9 Å². The molecule has 0 aliphatic carbocycles. The van der Waals surface area contributed by atoms with Gasteiger partial charge in [-0.05, 0) is 42.3 Å². The predicted octanol–water partition coefficient (Wildman–Crippen LogP) is 4.88. The molecule has 3 aromatic carbocycles. The Balaban J connectivity index is 0.000000186. The number of amides is 1. The van der Waals surface area contributed by atoms with Crippen molar-refractivity contribution in [2.45, 2.75) is 18.6 Å². The first kappa shape index (κ1) is 28.0. The zero-order valence-corrected chi connectivity index (χ0v) is 22.8. The number of hydrogen-bond donors (Lipinski definition) is 1. The molecule has 10 heteroatoms. The summed E-state index contributed by atoms with van der Waals surface area (Å²) in [5.74, 6) is -0.0887. The topological polar surface area (TPSA) is 79.1 Å². The Labute approximate surface area is 230 Å². The number of anilines is 2. The van der Waals surface area contributed by atoms with Crippen molar-refractivity contribution < 1.29 is 17.6 Å². The largest absolute Gasteiger partial charge is 0.399 e. The maximum atomic E-state index is 12.7. The number of ether oxygens (including phenoxy) is 1. The van der Waals surface area contributed by atoms with Gasteiger partial charge in [-0.2, -0.15) is 4.31 Å². The van der Waals surface area contributed by atoms with Crippen LogP contribution in [0.1, 0.15) is 28.4 Å². The van der Waals surface area contributed by atoms with E-state index in [9.17, 15) is 12.9 Å². The van der Waals surface area contributed by atoms with E-state index in [1.165, 1.54) is 4.31 Å². The summed E-state index contributed by atoms with van der Waals surface area (Å²) in [4.78, 5) is 16.5. The Morgan fingerprint density at radius 2 is 1.74 bits per heavy atom. The molecule has 2 N–H and O–H groups in total. The lowest BCUT2D eigenvalue weighted by atomic mass is 10.1. The molecule has 2 heterocycles. The molecule has 0 bridgehead atoms. The maximum Gasteiger partial charge on any atom is 0.277 e. The summed E-state index contributed by atoms with van der Waals surface area (Å²) in [5, 5.41) is 0.382. The lowest BCUT2D eigenvalue weighted by Gasteiger charge is -2.33. The summed E-state index contributed by atoms with van der Waals surface area (Å²) >= 11 is 3.81. The zero-order valence-electron chi connectivity index (χ0n) is 21.2. The van der Waals surface area contributed by atoms with Crippen LogP contribution in [0.25, 0.3) is 0 Å². The van der Waals surface area contributed by atoms with E-state index in [-0.39, 0.29) is 18.1 Å². The fourth-order valence-corrected chi connectivity index (χ4v) is 5.42. The van der Waals surface area contributed by atoms with E-state index in [2.05, 4.69) is 4.90 Å². The molecule has 3 aromatic rings. The van der Waals surface area contributed by atoms with Gasteiger partial charge in [-0.3, -0.25) is 4.79 Å². The minimum absolute atomic E-state index is 0.0887. The predicted molar refractivity (Wildman–Crippen MR) is 151 cm³/mol. The average molecular weight is 559 g/mol. The number of likely N-dealkylation sites (N-methyl/N-ethyl adjacent to an activating group) is 1. The third-order valence-electron chi connectivity index (χ3n) is 6.79. The number of nitrogens with two attached hydrogens (primary N) is 1. The minimum Gasteiger partial charge on any atom is -0.399 e. The van der Waals surface area contributed by atoms with Gasteiger partial charge in [0, 0.05) is 44.1 Å². The zero-order chi connectivity index (χ0) is 27.1. The number of nitrogen functional groups attached to an aromatic ring is 1. The minimum atomic E-state index is -2.33. The highest BCUT2D eigenvalue weighted by molar-refractivity contribution is 7.77. The third-order valence-corrected chi connectivity index (χ3v) is 7.84. The van der Waals surface area contributed by atoms with E-state index < -0.39 is 11.4 Å². The average Bonchev–Trinajstić information content (AvgIpc) is 3.45. The molecular formula is C28H32ClFN4O3S. The van der Waals surface area contributed by atoms with E-state index in [1.54, 1.807) is 23.1 Å². The number of para-hydroxylation sites is 1. The molecule has 2 aliphatic rings. The Bertz CT molecular complexity index is 1240. The molecule has 1 amide bonds. The first-order valence-electron chi connectivity index (χ1n) is 12.5. The van der Waals surface area contributed by atoms with Crippen molar-refractivity contribution in [2.75, 3.05) is 50.5 Å². The number of nitrogens with zero attached hydrogens (tertiary/aromatic N) is 3. The van der Waals surface area contributed by atoms with Gasteiger partial charge in [-0.1, -0.05) is 60.1 Å². The van der Waals surface area contributed by atoms with E-state index >= 15 is 0 Å². The number of rotatable bonds is 5. The summed E-state index contributed by atoms with van der Waals surface area (Å²) < 4.78 is 30.5. The maximum absolute atomic E-state index is 12.7. The molecule has 5 rings (SSSR count). The van der Waals surface area contributed by atoms with Crippen LogP contribution in [0.3, 0.4) is 0 Å². The fourth-order valence-electron chi connectivity index (χ4n) is 4.61. The van der Waals surface area contributed by atoms with Crippen LogP contribution in [0.4, 0.5) is 15.3 Å². The van der Waals surface area contributed by atoms with Crippen molar-refractivity contribution >= 4 is 40.3 Å². The molecule has 3 atom stereocenters. The Morgan fingerprint density at radius 1 is 1.05 bits per heavy atom. The Kier molecular flexibility index (Phi) is 9.74. The van der Waals surface area contributed by atoms with Gasteiger partial charge in [0.1, 0.15) is 6.10 Å². The van der Waals surface area contributed by atoms with Gasteiger partial charge in [0.2, 0.25) is 0 Å². The first-order valence-corrected chi connectivity index (χ1v) is 13.8. The lowest BCUT2D eigenvalue weighted by Crippen LogP contribution is -2.42. The van der Waals surface area contributed by atoms with E-state index in [1.807, 2.05) is 67.7 Å². The molecule has 0 aromatic heterocycles. The molecule has 2 unspecified atom stereocenters. The summed E-state index contributed by atoms with van der Waals surface area (Å²) in [6.07, 6.45) is 0.743. The van der Waals surface area contributed by atoms with Gasteiger partial charge in [-0.25, -0.2) is 4.21 Å². The number of hydrogen-bond acceptors (Lipinski definition) is 5. The SMILES string of the molecule is CN(c1ccccc1)C1CCN(S(=O)F)C1.Nc1ccc(C(=O)N2CCO[C@@H](c3ccccc3)C2)c(Cl)c1. The number of carbonyl (C=O) groups is 1. The molecule has 0 spiro atoms. The number of halogens is 2. The van der Waals surface area contributed by atoms with Crippen molar-refractivity contribution in [1.82, 2.24) is 9.21 Å². The van der Waals surface area contributed by atoms with E-state index in [0.717, 1.165) is 17.7 Å². The van der Waals surface area contributed by atoms with Crippen molar-refractivity contribution in [3.8, 4) is 0 Å².